The summed E-state index contributed by atoms with van der Waals surface area (Å²) in [4.78, 5) is 39.4. The first kappa shape index (κ1) is 21.8. The van der Waals surface area contributed by atoms with Crippen LogP contribution < -0.4 is 5.32 Å². The molecule has 30 heavy (non-hydrogen) atoms. The van der Waals surface area contributed by atoms with Crippen molar-refractivity contribution in [2.24, 2.45) is 17.8 Å². The Bertz CT molecular complexity index is 862. The average molecular weight is 412 g/mol. The number of likely N-dealkylation sites (tertiary alicyclic amines) is 1. The van der Waals surface area contributed by atoms with Gasteiger partial charge in [0.05, 0.1) is 17.6 Å². The van der Waals surface area contributed by atoms with Gasteiger partial charge in [-0.15, -0.1) is 0 Å². The molecule has 1 N–H and O–H groups in total. The van der Waals surface area contributed by atoms with Crippen LogP contribution in [0.2, 0.25) is 0 Å². The van der Waals surface area contributed by atoms with Gasteiger partial charge in [0.15, 0.2) is 6.10 Å². The number of nitrogens with zero attached hydrogens (tertiary/aromatic N) is 2. The van der Waals surface area contributed by atoms with Crippen LogP contribution in [0.15, 0.2) is 24.3 Å². The van der Waals surface area contributed by atoms with Crippen LogP contribution in [0.4, 0.5) is 5.69 Å². The third-order valence-electron chi connectivity index (χ3n) is 6.48. The van der Waals surface area contributed by atoms with Crippen molar-refractivity contribution in [2.75, 3.05) is 11.9 Å². The fourth-order valence-corrected chi connectivity index (χ4v) is 4.44. The number of esters is 1. The number of amides is 2. The van der Waals surface area contributed by atoms with Gasteiger partial charge in [-0.05, 0) is 43.4 Å². The standard InChI is InChI=1S/C23H29N3O4/c1-14-6-4-9-20(15(14)2)26-13-18(11-21(26)27)23(29)30-16(3)22(28)25-19-8-5-7-17(10-19)12-24/h5,7-8,10,14-16,18,20H,4,6,9,11,13H2,1-3H3,(H,25,28)/t14-,15-,16+,18-,20-/m1/s1. The van der Waals surface area contributed by atoms with Crippen LogP contribution in [-0.2, 0) is 19.1 Å². The number of rotatable bonds is 5. The van der Waals surface area contributed by atoms with Crippen molar-refractivity contribution in [1.82, 2.24) is 4.90 Å². The molecule has 2 fully saturated rings. The fraction of sp³-hybridized carbons (Fsp3) is 0.565. The van der Waals surface area contributed by atoms with E-state index < -0.39 is 23.9 Å². The molecule has 0 bridgehead atoms. The maximum absolute atomic E-state index is 12.6. The summed E-state index contributed by atoms with van der Waals surface area (Å²) >= 11 is 0. The molecule has 0 spiro atoms. The van der Waals surface area contributed by atoms with Crippen molar-refractivity contribution in [2.45, 2.75) is 58.6 Å². The molecule has 1 saturated carbocycles. The van der Waals surface area contributed by atoms with E-state index in [4.69, 9.17) is 10.00 Å². The molecule has 3 rings (SSSR count). The van der Waals surface area contributed by atoms with Crippen molar-refractivity contribution in [1.29, 1.82) is 5.26 Å². The summed E-state index contributed by atoms with van der Waals surface area (Å²) < 4.78 is 5.36. The van der Waals surface area contributed by atoms with Gasteiger partial charge in [-0.1, -0.05) is 32.8 Å². The van der Waals surface area contributed by atoms with E-state index in [1.807, 2.05) is 11.0 Å². The first-order chi connectivity index (χ1) is 14.3. The normalized spacial score (nSPS) is 27.3. The Hall–Kier alpha value is -2.88. The summed E-state index contributed by atoms with van der Waals surface area (Å²) in [5.41, 5.74) is 0.887. The largest absolute Gasteiger partial charge is 0.452 e. The van der Waals surface area contributed by atoms with Gasteiger partial charge in [0.25, 0.3) is 5.91 Å². The molecule has 1 aromatic rings. The zero-order valence-corrected chi connectivity index (χ0v) is 17.8. The van der Waals surface area contributed by atoms with Crippen LogP contribution >= 0.6 is 0 Å². The van der Waals surface area contributed by atoms with Crippen molar-refractivity contribution >= 4 is 23.5 Å². The Morgan fingerprint density at radius 2 is 2.07 bits per heavy atom. The highest BCUT2D eigenvalue weighted by Gasteiger charge is 2.42. The van der Waals surface area contributed by atoms with Crippen LogP contribution in [0.1, 0.15) is 52.0 Å². The van der Waals surface area contributed by atoms with Gasteiger partial charge in [0.1, 0.15) is 0 Å². The molecule has 0 aromatic heterocycles. The lowest BCUT2D eigenvalue weighted by Gasteiger charge is -2.39. The number of hydrogen-bond acceptors (Lipinski definition) is 5. The predicted molar refractivity (Wildman–Crippen MR) is 111 cm³/mol. The molecule has 1 aliphatic carbocycles. The first-order valence-electron chi connectivity index (χ1n) is 10.6. The average Bonchev–Trinajstić information content (AvgIpc) is 3.11. The van der Waals surface area contributed by atoms with E-state index >= 15 is 0 Å². The minimum Gasteiger partial charge on any atom is -0.452 e. The van der Waals surface area contributed by atoms with E-state index in [0.717, 1.165) is 12.8 Å². The fourth-order valence-electron chi connectivity index (χ4n) is 4.44. The summed E-state index contributed by atoms with van der Waals surface area (Å²) in [5, 5.41) is 11.6. The summed E-state index contributed by atoms with van der Waals surface area (Å²) in [7, 11) is 0. The lowest BCUT2D eigenvalue weighted by atomic mass is 9.77. The van der Waals surface area contributed by atoms with E-state index in [1.54, 1.807) is 24.3 Å². The predicted octanol–water partition coefficient (Wildman–Crippen LogP) is 3.10. The Balaban J connectivity index is 1.55. The van der Waals surface area contributed by atoms with Crippen molar-refractivity contribution < 1.29 is 19.1 Å². The maximum atomic E-state index is 12.6. The van der Waals surface area contributed by atoms with Gasteiger partial charge in [-0.2, -0.15) is 5.26 Å². The van der Waals surface area contributed by atoms with Crippen LogP contribution in [0, 0.1) is 29.1 Å². The van der Waals surface area contributed by atoms with E-state index in [0.29, 0.717) is 29.6 Å². The van der Waals surface area contributed by atoms with E-state index in [1.165, 1.54) is 13.3 Å². The number of carbonyl (C=O) groups is 3. The minimum absolute atomic E-state index is 0.00618. The smallest absolute Gasteiger partial charge is 0.312 e. The first-order valence-corrected chi connectivity index (χ1v) is 10.6. The number of anilines is 1. The number of benzene rings is 1. The molecule has 2 amide bonds. The maximum Gasteiger partial charge on any atom is 0.312 e. The second-order valence-electron chi connectivity index (χ2n) is 8.54. The Kier molecular flexibility index (Phi) is 6.76. The van der Waals surface area contributed by atoms with Crippen molar-refractivity contribution in [3.63, 3.8) is 0 Å². The van der Waals surface area contributed by atoms with Crippen molar-refractivity contribution in [3.05, 3.63) is 29.8 Å². The molecule has 1 heterocycles. The number of ether oxygens (including phenoxy) is 1. The molecule has 5 atom stereocenters. The molecule has 0 unspecified atom stereocenters. The third-order valence-corrected chi connectivity index (χ3v) is 6.48. The monoisotopic (exact) mass is 411 g/mol. The van der Waals surface area contributed by atoms with E-state index in [2.05, 4.69) is 19.2 Å². The van der Waals surface area contributed by atoms with Crippen LogP contribution in [0.5, 0.6) is 0 Å². The van der Waals surface area contributed by atoms with E-state index in [-0.39, 0.29) is 18.4 Å². The molecule has 1 saturated heterocycles. The summed E-state index contributed by atoms with van der Waals surface area (Å²) in [6.45, 7) is 6.26. The second kappa shape index (κ2) is 9.29. The number of carbonyl (C=O) groups excluding carboxylic acids is 3. The Labute approximate surface area is 177 Å². The number of hydrogen-bond donors (Lipinski definition) is 1. The number of nitrogens with one attached hydrogen (secondary N) is 1. The van der Waals surface area contributed by atoms with Gasteiger partial charge in [-0.3, -0.25) is 14.4 Å². The lowest BCUT2D eigenvalue weighted by Crippen LogP contribution is -2.45. The molecular formula is C23H29N3O4. The number of nitriles is 1. The van der Waals surface area contributed by atoms with Crippen LogP contribution in [0.25, 0.3) is 0 Å². The zero-order valence-electron chi connectivity index (χ0n) is 17.8. The lowest BCUT2D eigenvalue weighted by molar-refractivity contribution is -0.157. The molecule has 2 aliphatic rings. The topological polar surface area (TPSA) is 99.5 Å². The Morgan fingerprint density at radius 3 is 2.80 bits per heavy atom. The SMILES string of the molecule is C[C@@H]1[C@H](C)CCC[C@H]1N1C[C@H](C(=O)O[C@@H](C)C(=O)Nc2cccc(C#N)c2)CC1=O. The van der Waals surface area contributed by atoms with Gasteiger partial charge in [0, 0.05) is 24.7 Å². The van der Waals surface area contributed by atoms with Crippen LogP contribution in [0.3, 0.4) is 0 Å². The highest BCUT2D eigenvalue weighted by atomic mass is 16.5. The van der Waals surface area contributed by atoms with Gasteiger partial charge < -0.3 is 15.0 Å². The van der Waals surface area contributed by atoms with Gasteiger partial charge in [-0.25, -0.2) is 0 Å². The quantitative estimate of drug-likeness (QED) is 0.751. The van der Waals surface area contributed by atoms with E-state index in [9.17, 15) is 14.4 Å². The van der Waals surface area contributed by atoms with Crippen LogP contribution in [-0.4, -0.2) is 41.4 Å². The zero-order chi connectivity index (χ0) is 21.8. The second-order valence-corrected chi connectivity index (χ2v) is 8.54. The van der Waals surface area contributed by atoms with Crippen molar-refractivity contribution in [3.8, 4) is 6.07 Å². The third kappa shape index (κ3) is 4.81. The summed E-state index contributed by atoms with van der Waals surface area (Å²) in [6.07, 6.45) is 2.38. The summed E-state index contributed by atoms with van der Waals surface area (Å²) in [5.74, 6) is -0.574. The molecule has 1 aliphatic heterocycles. The molecule has 7 nitrogen and oxygen atoms in total. The van der Waals surface area contributed by atoms with Gasteiger partial charge >= 0.3 is 5.97 Å². The highest BCUT2D eigenvalue weighted by Crippen LogP contribution is 2.36. The summed E-state index contributed by atoms with van der Waals surface area (Å²) in [6, 6.07) is 8.69. The van der Waals surface area contributed by atoms with Gasteiger partial charge in [0.2, 0.25) is 5.91 Å². The Morgan fingerprint density at radius 1 is 1.30 bits per heavy atom. The molecule has 7 heteroatoms. The molecule has 0 radical (unpaired) electrons. The highest BCUT2D eigenvalue weighted by molar-refractivity contribution is 5.96. The molecular weight excluding hydrogens is 382 g/mol. The minimum atomic E-state index is -0.999. The molecule has 160 valence electrons. The molecule has 1 aromatic carbocycles.